The fourth-order valence-electron chi connectivity index (χ4n) is 4.83. The Hall–Kier alpha value is -4.71. The number of anilines is 1. The zero-order valence-electron chi connectivity index (χ0n) is 20.6. The molecule has 0 saturated carbocycles. The highest BCUT2D eigenvalue weighted by molar-refractivity contribution is 6.13. The van der Waals surface area contributed by atoms with Crippen LogP contribution in [0.4, 0.5) is 5.82 Å². The van der Waals surface area contributed by atoms with E-state index in [-0.39, 0.29) is 18.2 Å². The second-order valence-electron chi connectivity index (χ2n) is 9.37. The minimum Gasteiger partial charge on any atom is -0.481 e. The normalized spacial score (nSPS) is 16.3. The summed E-state index contributed by atoms with van der Waals surface area (Å²) in [4.78, 5) is 32.9. The minimum atomic E-state index is -0.543. The van der Waals surface area contributed by atoms with Crippen molar-refractivity contribution in [1.82, 2.24) is 10.3 Å². The Balaban J connectivity index is 1.32. The average molecular weight is 488 g/mol. The molecule has 6 rings (SSSR count). The van der Waals surface area contributed by atoms with Crippen molar-refractivity contribution in [3.05, 3.63) is 125 Å². The number of benzene rings is 3. The van der Waals surface area contributed by atoms with Crippen molar-refractivity contribution in [1.29, 1.82) is 0 Å². The maximum atomic E-state index is 13.3. The second kappa shape index (κ2) is 9.06. The summed E-state index contributed by atoms with van der Waals surface area (Å²) in [5.74, 6) is 1.00. The van der Waals surface area contributed by atoms with Crippen LogP contribution in [0.2, 0.25) is 0 Å². The number of aryl methyl sites for hydroxylation is 2. The zero-order valence-corrected chi connectivity index (χ0v) is 20.6. The molecule has 6 nitrogen and oxygen atoms in total. The first-order valence-electron chi connectivity index (χ1n) is 12.2. The number of pyridine rings is 1. The fraction of sp³-hybridized carbons (Fsp3) is 0.129. The van der Waals surface area contributed by atoms with Gasteiger partial charge in [0.25, 0.3) is 5.91 Å². The van der Waals surface area contributed by atoms with Crippen LogP contribution in [0.1, 0.15) is 31.8 Å². The molecule has 1 amide bonds. The number of fused-ring (bicyclic) bond motifs is 3. The highest BCUT2D eigenvalue weighted by atomic mass is 16.5. The minimum absolute atomic E-state index is 0.0729. The standard InChI is InChI=1S/C31H25N3O3/c1-19-9-10-21-11-12-22(15-23(21)14-19)31(36)33-17-24-16-28-26(18-34(24)30-20(2)6-5-13-32-30)29(35)25-7-3-4-8-27(25)37-28/h3-16,18,28H,17H2,1-2H3,(H,33,36)/t28-/m0/s1. The molecule has 4 aromatic rings. The predicted molar refractivity (Wildman–Crippen MR) is 144 cm³/mol. The van der Waals surface area contributed by atoms with Crippen LogP contribution in [-0.2, 0) is 0 Å². The molecule has 0 saturated heterocycles. The molecule has 2 aliphatic rings. The number of ketones is 1. The van der Waals surface area contributed by atoms with Crippen LogP contribution in [0.5, 0.6) is 5.75 Å². The summed E-state index contributed by atoms with van der Waals surface area (Å²) in [6.45, 7) is 4.24. The Kier molecular flexibility index (Phi) is 5.57. The number of carbonyl (C=O) groups excluding carboxylic acids is 2. The Morgan fingerprint density at radius 3 is 2.70 bits per heavy atom. The molecule has 0 bridgehead atoms. The maximum Gasteiger partial charge on any atom is 0.251 e. The van der Waals surface area contributed by atoms with Gasteiger partial charge in [-0.2, -0.15) is 0 Å². The number of amides is 1. The van der Waals surface area contributed by atoms with Crippen molar-refractivity contribution in [3.63, 3.8) is 0 Å². The van der Waals surface area contributed by atoms with Gasteiger partial charge in [-0.05, 0) is 66.6 Å². The SMILES string of the molecule is Cc1ccc2ccc(C(=O)NCC3=C[C@@H]4Oc5ccccc5C(=O)C4=CN3c3ncccc3C)cc2c1. The quantitative estimate of drug-likeness (QED) is 0.411. The molecule has 37 heavy (non-hydrogen) atoms. The monoisotopic (exact) mass is 487 g/mol. The van der Waals surface area contributed by atoms with Gasteiger partial charge in [0.15, 0.2) is 5.78 Å². The van der Waals surface area contributed by atoms with Crippen LogP contribution in [0.15, 0.2) is 103 Å². The molecule has 182 valence electrons. The van der Waals surface area contributed by atoms with Crippen molar-refractivity contribution in [3.8, 4) is 5.75 Å². The Bertz CT molecular complexity index is 1640. The van der Waals surface area contributed by atoms with Crippen LogP contribution >= 0.6 is 0 Å². The smallest absolute Gasteiger partial charge is 0.251 e. The number of rotatable bonds is 4. The first-order chi connectivity index (χ1) is 18.0. The van der Waals surface area contributed by atoms with Crippen LogP contribution in [0.25, 0.3) is 10.8 Å². The number of nitrogens with zero attached hydrogens (tertiary/aromatic N) is 2. The Morgan fingerprint density at radius 1 is 1.00 bits per heavy atom. The summed E-state index contributed by atoms with van der Waals surface area (Å²) in [7, 11) is 0. The molecule has 0 fully saturated rings. The third-order valence-electron chi connectivity index (χ3n) is 6.77. The molecule has 2 aliphatic heterocycles. The summed E-state index contributed by atoms with van der Waals surface area (Å²) < 4.78 is 6.18. The van der Waals surface area contributed by atoms with Crippen LogP contribution in [0, 0.1) is 13.8 Å². The summed E-state index contributed by atoms with van der Waals surface area (Å²) in [5.41, 5.74) is 4.52. The van der Waals surface area contributed by atoms with E-state index < -0.39 is 6.10 Å². The lowest BCUT2D eigenvalue weighted by atomic mass is 9.93. The highest BCUT2D eigenvalue weighted by Gasteiger charge is 2.35. The summed E-state index contributed by atoms with van der Waals surface area (Å²) in [6.07, 6.45) is 4.85. The van der Waals surface area contributed by atoms with Gasteiger partial charge in [-0.3, -0.25) is 9.59 Å². The van der Waals surface area contributed by atoms with Crippen molar-refractivity contribution < 1.29 is 14.3 Å². The number of nitrogens with one attached hydrogen (secondary N) is 1. The third kappa shape index (κ3) is 4.16. The number of aromatic nitrogens is 1. The molecular weight excluding hydrogens is 462 g/mol. The number of carbonyl (C=O) groups is 2. The maximum absolute atomic E-state index is 13.3. The van der Waals surface area contributed by atoms with Crippen molar-refractivity contribution in [2.75, 3.05) is 11.4 Å². The van der Waals surface area contributed by atoms with Gasteiger partial charge in [0.05, 0.1) is 17.7 Å². The molecule has 3 heterocycles. The first kappa shape index (κ1) is 22.7. The topological polar surface area (TPSA) is 71.5 Å². The second-order valence-corrected chi connectivity index (χ2v) is 9.37. The van der Waals surface area contributed by atoms with Gasteiger partial charge in [-0.25, -0.2) is 4.98 Å². The third-order valence-corrected chi connectivity index (χ3v) is 6.77. The zero-order chi connectivity index (χ0) is 25.5. The molecule has 1 N–H and O–H groups in total. The van der Waals surface area contributed by atoms with E-state index in [9.17, 15) is 9.59 Å². The van der Waals surface area contributed by atoms with E-state index >= 15 is 0 Å². The lowest BCUT2D eigenvalue weighted by Gasteiger charge is -2.34. The average Bonchev–Trinajstić information content (AvgIpc) is 2.91. The van der Waals surface area contributed by atoms with Crippen LogP contribution in [-0.4, -0.2) is 29.3 Å². The lowest BCUT2D eigenvalue weighted by Crippen LogP contribution is -2.39. The largest absolute Gasteiger partial charge is 0.481 e. The van der Waals surface area contributed by atoms with Crippen LogP contribution in [0.3, 0.4) is 0 Å². The van der Waals surface area contributed by atoms with Gasteiger partial charge in [-0.15, -0.1) is 0 Å². The van der Waals surface area contributed by atoms with Crippen molar-refractivity contribution >= 4 is 28.3 Å². The van der Waals surface area contributed by atoms with E-state index in [1.807, 2.05) is 67.3 Å². The molecule has 0 radical (unpaired) electrons. The van der Waals surface area contributed by atoms with Gasteiger partial charge in [-0.1, -0.05) is 48.0 Å². The van der Waals surface area contributed by atoms with E-state index in [0.29, 0.717) is 28.3 Å². The molecule has 1 aromatic heterocycles. The summed E-state index contributed by atoms with van der Waals surface area (Å²) in [6, 6.07) is 23.0. The van der Waals surface area contributed by atoms with Crippen molar-refractivity contribution in [2.24, 2.45) is 0 Å². The number of hydrogen-bond acceptors (Lipinski definition) is 5. The molecule has 3 aromatic carbocycles. The van der Waals surface area contributed by atoms with E-state index in [4.69, 9.17) is 4.74 Å². The summed E-state index contributed by atoms with van der Waals surface area (Å²) >= 11 is 0. The number of hydrogen-bond donors (Lipinski definition) is 1. The Labute approximate surface area is 214 Å². The number of Topliss-reactive ketones (excluding diaryl/α,β-unsaturated/α-hetero) is 1. The van der Waals surface area contributed by atoms with Crippen molar-refractivity contribution in [2.45, 2.75) is 20.0 Å². The van der Waals surface area contributed by atoms with E-state index in [2.05, 4.69) is 28.5 Å². The number of para-hydroxylation sites is 1. The highest BCUT2D eigenvalue weighted by Crippen LogP contribution is 2.36. The molecular formula is C31H25N3O3. The molecule has 1 atom stereocenters. The Morgan fingerprint density at radius 2 is 1.84 bits per heavy atom. The predicted octanol–water partition coefficient (Wildman–Crippen LogP) is 5.51. The molecule has 0 spiro atoms. The molecule has 0 aliphatic carbocycles. The van der Waals surface area contributed by atoms with Gasteiger partial charge in [0.2, 0.25) is 0 Å². The fourth-order valence-corrected chi connectivity index (χ4v) is 4.83. The first-order valence-corrected chi connectivity index (χ1v) is 12.2. The molecule has 6 heteroatoms. The van der Waals surface area contributed by atoms with E-state index in [1.165, 1.54) is 0 Å². The van der Waals surface area contributed by atoms with E-state index in [0.717, 1.165) is 27.6 Å². The van der Waals surface area contributed by atoms with Gasteiger partial charge < -0.3 is 15.0 Å². The lowest BCUT2D eigenvalue weighted by molar-refractivity contribution is 0.0951. The van der Waals surface area contributed by atoms with Gasteiger partial charge in [0.1, 0.15) is 17.7 Å². The van der Waals surface area contributed by atoms with Crippen LogP contribution < -0.4 is 15.0 Å². The van der Waals surface area contributed by atoms with E-state index in [1.54, 1.807) is 24.5 Å². The summed E-state index contributed by atoms with van der Waals surface area (Å²) in [5, 5.41) is 5.16. The van der Waals surface area contributed by atoms with Gasteiger partial charge in [0, 0.05) is 23.7 Å². The number of ether oxygens (including phenoxy) is 1. The molecule has 0 unspecified atom stereocenters. The van der Waals surface area contributed by atoms with Gasteiger partial charge >= 0.3 is 0 Å².